The minimum atomic E-state index is -0.0264. The van der Waals surface area contributed by atoms with Gasteiger partial charge in [-0.3, -0.25) is 10.1 Å². The highest BCUT2D eigenvalue weighted by molar-refractivity contribution is 5.83. The fourth-order valence-electron chi connectivity index (χ4n) is 2.04. The number of ether oxygens (including phenoxy) is 1. The zero-order valence-electron chi connectivity index (χ0n) is 10.7. The summed E-state index contributed by atoms with van der Waals surface area (Å²) in [6.07, 6.45) is 3.16. The molecule has 94 valence electrons. The van der Waals surface area contributed by atoms with E-state index in [-0.39, 0.29) is 18.1 Å². The number of carbonyl (C=O) groups excluding carboxylic acids is 1. The van der Waals surface area contributed by atoms with Crippen LogP contribution in [0, 0.1) is 0 Å². The highest BCUT2D eigenvalue weighted by atomic mass is 16.5. The quantitative estimate of drug-likeness (QED) is 0.669. The molecule has 1 saturated heterocycles. The summed E-state index contributed by atoms with van der Waals surface area (Å²) in [6, 6.07) is -0.0264. The third kappa shape index (κ3) is 3.46. The van der Waals surface area contributed by atoms with Gasteiger partial charge in [-0.15, -0.1) is 0 Å². The Morgan fingerprint density at radius 1 is 1.38 bits per heavy atom. The number of rotatable bonds is 7. The molecule has 1 N–H and O–H groups in total. The predicted octanol–water partition coefficient (Wildman–Crippen LogP) is 1.36. The molecule has 16 heavy (non-hydrogen) atoms. The van der Waals surface area contributed by atoms with E-state index >= 15 is 0 Å². The summed E-state index contributed by atoms with van der Waals surface area (Å²) in [6.45, 7) is 8.51. The maximum Gasteiger partial charge on any atom is 0.240 e. The van der Waals surface area contributed by atoms with Crippen molar-refractivity contribution in [2.45, 2.75) is 52.2 Å². The number of nitrogens with one attached hydrogen (secondary N) is 1. The van der Waals surface area contributed by atoms with Crippen molar-refractivity contribution in [1.29, 1.82) is 0 Å². The minimum Gasteiger partial charge on any atom is -0.381 e. The summed E-state index contributed by atoms with van der Waals surface area (Å²) in [5.74, 6) is 0.224. The monoisotopic (exact) mass is 228 g/mol. The second-order valence-electron chi connectivity index (χ2n) is 4.31. The third-order valence-corrected chi connectivity index (χ3v) is 2.89. The second-order valence-corrected chi connectivity index (χ2v) is 4.31. The van der Waals surface area contributed by atoms with Crippen LogP contribution in [-0.4, -0.2) is 42.8 Å². The van der Waals surface area contributed by atoms with Crippen LogP contribution in [-0.2, 0) is 9.53 Å². The molecular weight excluding hydrogens is 204 g/mol. The van der Waals surface area contributed by atoms with E-state index in [4.69, 9.17) is 4.74 Å². The summed E-state index contributed by atoms with van der Waals surface area (Å²) in [7, 11) is 0. The summed E-state index contributed by atoms with van der Waals surface area (Å²) in [4.78, 5) is 13.8. The number of nitrogens with zero attached hydrogens (tertiary/aromatic N) is 1. The van der Waals surface area contributed by atoms with Crippen molar-refractivity contribution in [3.05, 3.63) is 0 Å². The molecule has 0 aromatic carbocycles. The van der Waals surface area contributed by atoms with Gasteiger partial charge in [0, 0.05) is 19.8 Å². The van der Waals surface area contributed by atoms with E-state index in [1.165, 1.54) is 0 Å². The number of amides is 1. The van der Waals surface area contributed by atoms with E-state index in [1.54, 1.807) is 0 Å². The lowest BCUT2D eigenvalue weighted by Crippen LogP contribution is -2.37. The van der Waals surface area contributed by atoms with Crippen molar-refractivity contribution in [1.82, 2.24) is 10.2 Å². The molecule has 0 bridgehead atoms. The first-order valence-electron chi connectivity index (χ1n) is 6.35. The molecule has 1 amide bonds. The van der Waals surface area contributed by atoms with E-state index < -0.39 is 0 Å². The molecule has 1 fully saturated rings. The Labute approximate surface area is 98.3 Å². The topological polar surface area (TPSA) is 41.6 Å². The summed E-state index contributed by atoms with van der Waals surface area (Å²) in [5.41, 5.74) is 0. The third-order valence-electron chi connectivity index (χ3n) is 2.89. The van der Waals surface area contributed by atoms with Crippen LogP contribution in [0.3, 0.4) is 0 Å². The molecular formula is C12H24N2O2. The molecule has 2 unspecified atom stereocenters. The van der Waals surface area contributed by atoms with Gasteiger partial charge >= 0.3 is 0 Å². The van der Waals surface area contributed by atoms with Crippen LogP contribution in [0.5, 0.6) is 0 Å². The van der Waals surface area contributed by atoms with Gasteiger partial charge in [0.2, 0.25) is 5.91 Å². The summed E-state index contributed by atoms with van der Waals surface area (Å²) in [5, 5.41) is 3.29. The van der Waals surface area contributed by atoms with Gasteiger partial charge < -0.3 is 9.64 Å². The minimum absolute atomic E-state index is 0.0264. The normalized spacial score (nSPS) is 25.4. The Morgan fingerprint density at radius 2 is 2.12 bits per heavy atom. The van der Waals surface area contributed by atoms with Crippen molar-refractivity contribution in [3.8, 4) is 0 Å². The van der Waals surface area contributed by atoms with E-state index in [1.807, 2.05) is 11.8 Å². The maximum atomic E-state index is 11.8. The first-order chi connectivity index (χ1) is 7.70. The van der Waals surface area contributed by atoms with E-state index in [0.29, 0.717) is 0 Å². The molecule has 4 heteroatoms. The lowest BCUT2D eigenvalue weighted by molar-refractivity contribution is -0.130. The molecule has 1 aliphatic heterocycles. The lowest BCUT2D eigenvalue weighted by atomic mass is 10.3. The molecule has 0 aromatic rings. The fourth-order valence-corrected chi connectivity index (χ4v) is 2.04. The smallest absolute Gasteiger partial charge is 0.240 e. The molecule has 2 atom stereocenters. The Morgan fingerprint density at radius 3 is 2.75 bits per heavy atom. The van der Waals surface area contributed by atoms with Gasteiger partial charge in [-0.2, -0.15) is 0 Å². The average molecular weight is 228 g/mol. The van der Waals surface area contributed by atoms with Crippen LogP contribution >= 0.6 is 0 Å². The van der Waals surface area contributed by atoms with Gasteiger partial charge in [0.15, 0.2) is 0 Å². The molecule has 1 rings (SSSR count). The van der Waals surface area contributed by atoms with Gasteiger partial charge in [-0.05, 0) is 26.2 Å². The van der Waals surface area contributed by atoms with Gasteiger partial charge in [0.05, 0.1) is 12.2 Å². The SMILES string of the molecule is CCCOCCCN1C(=O)C(C)NC1CC. The van der Waals surface area contributed by atoms with Crippen LogP contribution in [0.4, 0.5) is 0 Å². The zero-order valence-corrected chi connectivity index (χ0v) is 10.7. The molecule has 0 spiro atoms. The first-order valence-corrected chi connectivity index (χ1v) is 6.35. The summed E-state index contributed by atoms with van der Waals surface area (Å²) < 4.78 is 5.42. The second kappa shape index (κ2) is 6.86. The van der Waals surface area contributed by atoms with Crippen molar-refractivity contribution in [2.24, 2.45) is 0 Å². The molecule has 4 nitrogen and oxygen atoms in total. The van der Waals surface area contributed by atoms with Crippen molar-refractivity contribution in [2.75, 3.05) is 19.8 Å². The molecule has 1 heterocycles. The van der Waals surface area contributed by atoms with Gasteiger partial charge in [0.25, 0.3) is 0 Å². The Hall–Kier alpha value is -0.610. The lowest BCUT2D eigenvalue weighted by Gasteiger charge is -2.22. The van der Waals surface area contributed by atoms with Crippen LogP contribution in [0.25, 0.3) is 0 Å². The first kappa shape index (κ1) is 13.5. The summed E-state index contributed by atoms with van der Waals surface area (Å²) >= 11 is 0. The Kier molecular flexibility index (Phi) is 5.77. The number of hydrogen-bond acceptors (Lipinski definition) is 3. The predicted molar refractivity (Wildman–Crippen MR) is 64.1 cm³/mol. The number of hydrogen-bond donors (Lipinski definition) is 1. The van der Waals surface area contributed by atoms with E-state index in [0.717, 1.165) is 39.0 Å². The Bertz CT molecular complexity index is 221. The molecule has 0 aromatic heterocycles. The zero-order chi connectivity index (χ0) is 12.0. The molecule has 1 aliphatic rings. The Balaban J connectivity index is 2.26. The number of carbonyl (C=O) groups is 1. The van der Waals surface area contributed by atoms with Crippen molar-refractivity contribution < 1.29 is 9.53 Å². The maximum absolute atomic E-state index is 11.8. The molecule has 0 aliphatic carbocycles. The highest BCUT2D eigenvalue weighted by Crippen LogP contribution is 2.13. The standard InChI is InChI=1S/C12H24N2O2/c1-4-8-16-9-6-7-14-11(5-2)13-10(3)12(14)15/h10-11,13H,4-9H2,1-3H3. The van der Waals surface area contributed by atoms with E-state index in [9.17, 15) is 4.79 Å². The molecule has 0 saturated carbocycles. The van der Waals surface area contributed by atoms with Gasteiger partial charge in [0.1, 0.15) is 0 Å². The van der Waals surface area contributed by atoms with Crippen molar-refractivity contribution in [3.63, 3.8) is 0 Å². The van der Waals surface area contributed by atoms with Crippen LogP contribution in [0.1, 0.15) is 40.0 Å². The highest BCUT2D eigenvalue weighted by Gasteiger charge is 2.34. The van der Waals surface area contributed by atoms with Gasteiger partial charge in [-0.25, -0.2) is 0 Å². The largest absolute Gasteiger partial charge is 0.381 e. The van der Waals surface area contributed by atoms with Crippen molar-refractivity contribution >= 4 is 5.91 Å². The molecule has 0 radical (unpaired) electrons. The van der Waals surface area contributed by atoms with Crippen LogP contribution < -0.4 is 5.32 Å². The van der Waals surface area contributed by atoms with E-state index in [2.05, 4.69) is 19.2 Å². The van der Waals surface area contributed by atoms with Crippen LogP contribution in [0.15, 0.2) is 0 Å². The van der Waals surface area contributed by atoms with Crippen LogP contribution in [0.2, 0.25) is 0 Å². The fraction of sp³-hybridized carbons (Fsp3) is 0.917. The van der Waals surface area contributed by atoms with Gasteiger partial charge in [-0.1, -0.05) is 13.8 Å². The average Bonchev–Trinajstić information content (AvgIpc) is 2.56.